The van der Waals surface area contributed by atoms with Crippen LogP contribution in [0.15, 0.2) is 0 Å². The third-order valence-corrected chi connectivity index (χ3v) is 4.63. The smallest absolute Gasteiger partial charge is 0.220 e. The standard InChI is InChI=1S/C20H40ClN3O3/c1-16(2)22-10-12-24(15-17(25)14-21)13-11-23-19(27)9-7-6-8-18(26)20(3,4)5/h16-17,22,25H,6-15H2,1-5H3,(H,23,27). The van der Waals surface area contributed by atoms with Gasteiger partial charge in [-0.15, -0.1) is 11.6 Å². The number of amides is 1. The molecule has 160 valence electrons. The first-order valence-corrected chi connectivity index (χ1v) is 10.6. The van der Waals surface area contributed by atoms with Crippen LogP contribution in [0.2, 0.25) is 0 Å². The summed E-state index contributed by atoms with van der Waals surface area (Å²) in [6.45, 7) is 13.3. The summed E-state index contributed by atoms with van der Waals surface area (Å²) in [6, 6.07) is 0.412. The fraction of sp³-hybridized carbons (Fsp3) is 0.900. The molecule has 6 nitrogen and oxygen atoms in total. The van der Waals surface area contributed by atoms with Crippen molar-refractivity contribution in [3.8, 4) is 0 Å². The van der Waals surface area contributed by atoms with Crippen LogP contribution in [0.1, 0.15) is 60.3 Å². The van der Waals surface area contributed by atoms with Gasteiger partial charge in [0.25, 0.3) is 0 Å². The molecule has 0 aliphatic carbocycles. The van der Waals surface area contributed by atoms with Crippen LogP contribution >= 0.6 is 11.6 Å². The van der Waals surface area contributed by atoms with E-state index in [1.165, 1.54) is 0 Å². The molecule has 0 spiro atoms. The first kappa shape index (κ1) is 26.3. The largest absolute Gasteiger partial charge is 0.391 e. The molecule has 0 heterocycles. The number of aliphatic hydroxyl groups excluding tert-OH is 1. The number of aliphatic hydroxyl groups is 1. The van der Waals surface area contributed by atoms with Crippen molar-refractivity contribution in [1.29, 1.82) is 0 Å². The zero-order valence-electron chi connectivity index (χ0n) is 17.8. The highest BCUT2D eigenvalue weighted by Gasteiger charge is 2.20. The van der Waals surface area contributed by atoms with Crippen molar-refractivity contribution >= 4 is 23.3 Å². The summed E-state index contributed by atoms with van der Waals surface area (Å²) in [4.78, 5) is 25.9. The zero-order valence-corrected chi connectivity index (χ0v) is 18.6. The highest BCUT2D eigenvalue weighted by molar-refractivity contribution is 6.18. The highest BCUT2D eigenvalue weighted by atomic mass is 35.5. The van der Waals surface area contributed by atoms with Gasteiger partial charge >= 0.3 is 0 Å². The van der Waals surface area contributed by atoms with E-state index in [1.54, 1.807) is 0 Å². The zero-order chi connectivity index (χ0) is 20.9. The van der Waals surface area contributed by atoms with Crippen LogP contribution < -0.4 is 10.6 Å². The van der Waals surface area contributed by atoms with E-state index in [1.807, 2.05) is 20.8 Å². The number of unbranched alkanes of at least 4 members (excludes halogenated alkanes) is 1. The molecular formula is C20H40ClN3O3. The molecule has 7 heteroatoms. The van der Waals surface area contributed by atoms with E-state index in [2.05, 4.69) is 29.4 Å². The average Bonchev–Trinajstić information content (AvgIpc) is 2.56. The molecule has 0 saturated heterocycles. The normalized spacial score (nSPS) is 13.2. The van der Waals surface area contributed by atoms with Crippen molar-refractivity contribution in [3.63, 3.8) is 0 Å². The first-order chi connectivity index (χ1) is 12.6. The molecule has 0 bridgehead atoms. The van der Waals surface area contributed by atoms with Crippen molar-refractivity contribution < 1.29 is 14.7 Å². The first-order valence-electron chi connectivity index (χ1n) is 10.1. The second-order valence-corrected chi connectivity index (χ2v) is 8.76. The molecule has 0 aromatic heterocycles. The number of rotatable bonds is 15. The van der Waals surface area contributed by atoms with Crippen LogP contribution in [-0.4, -0.2) is 72.4 Å². The molecular weight excluding hydrogens is 366 g/mol. The van der Waals surface area contributed by atoms with Gasteiger partial charge in [-0.1, -0.05) is 34.6 Å². The lowest BCUT2D eigenvalue weighted by atomic mass is 9.88. The lowest BCUT2D eigenvalue weighted by molar-refractivity contribution is -0.126. The Morgan fingerprint density at radius 2 is 1.67 bits per heavy atom. The predicted molar refractivity (Wildman–Crippen MR) is 112 cm³/mol. The second kappa shape index (κ2) is 14.3. The number of halogens is 1. The Bertz CT molecular complexity index is 425. The number of nitrogens with zero attached hydrogens (tertiary/aromatic N) is 1. The number of carbonyl (C=O) groups is 2. The molecule has 0 saturated carbocycles. The van der Waals surface area contributed by atoms with Crippen molar-refractivity contribution in [3.05, 3.63) is 0 Å². The lowest BCUT2D eigenvalue weighted by Gasteiger charge is -2.25. The van der Waals surface area contributed by atoms with Gasteiger partial charge in [0.05, 0.1) is 6.10 Å². The number of alkyl halides is 1. The van der Waals surface area contributed by atoms with Gasteiger partial charge in [-0.2, -0.15) is 0 Å². The molecule has 0 aliphatic rings. The molecule has 0 aromatic rings. The summed E-state index contributed by atoms with van der Waals surface area (Å²) in [7, 11) is 0. The van der Waals surface area contributed by atoms with Gasteiger partial charge in [-0.05, 0) is 12.8 Å². The number of hydrogen-bond donors (Lipinski definition) is 3. The monoisotopic (exact) mass is 405 g/mol. The Kier molecular flexibility index (Phi) is 14.0. The Labute approximate surface area is 170 Å². The molecule has 0 fully saturated rings. The molecule has 1 amide bonds. The van der Waals surface area contributed by atoms with Crippen molar-refractivity contribution in [2.75, 3.05) is 38.6 Å². The molecule has 1 atom stereocenters. The van der Waals surface area contributed by atoms with Gasteiger partial charge < -0.3 is 15.7 Å². The maximum absolute atomic E-state index is 12.0. The van der Waals surface area contributed by atoms with E-state index in [0.29, 0.717) is 38.5 Å². The summed E-state index contributed by atoms with van der Waals surface area (Å²) < 4.78 is 0. The summed E-state index contributed by atoms with van der Waals surface area (Å²) in [5.41, 5.74) is -0.302. The average molecular weight is 406 g/mol. The third kappa shape index (κ3) is 15.0. The molecule has 0 rings (SSSR count). The second-order valence-electron chi connectivity index (χ2n) is 8.45. The van der Waals surface area contributed by atoms with Gasteiger partial charge in [0, 0.05) is 62.9 Å². The summed E-state index contributed by atoms with van der Waals surface area (Å²) in [6.07, 6.45) is 1.88. The Hall–Kier alpha value is -0.690. The highest BCUT2D eigenvalue weighted by Crippen LogP contribution is 2.18. The van der Waals surface area contributed by atoms with Gasteiger partial charge in [-0.25, -0.2) is 0 Å². The van der Waals surface area contributed by atoms with Crippen LogP contribution in [0.25, 0.3) is 0 Å². The number of nitrogens with one attached hydrogen (secondary N) is 2. The molecule has 0 radical (unpaired) electrons. The molecule has 0 aliphatic heterocycles. The van der Waals surface area contributed by atoms with Crippen LogP contribution in [-0.2, 0) is 9.59 Å². The van der Waals surface area contributed by atoms with Crippen LogP contribution in [0.5, 0.6) is 0 Å². The van der Waals surface area contributed by atoms with Gasteiger partial charge in [0.2, 0.25) is 5.91 Å². The molecule has 27 heavy (non-hydrogen) atoms. The van der Waals surface area contributed by atoms with Crippen molar-refractivity contribution in [2.45, 2.75) is 72.4 Å². The maximum Gasteiger partial charge on any atom is 0.220 e. The van der Waals surface area contributed by atoms with E-state index >= 15 is 0 Å². The minimum absolute atomic E-state index is 0.0105. The number of ketones is 1. The SMILES string of the molecule is CC(C)NCCN(CCNC(=O)CCCCC(=O)C(C)(C)C)CC(O)CCl. The van der Waals surface area contributed by atoms with E-state index in [0.717, 1.165) is 25.9 Å². The van der Waals surface area contributed by atoms with E-state index in [9.17, 15) is 14.7 Å². The summed E-state index contributed by atoms with van der Waals surface area (Å²) in [5, 5.41) is 16.1. The van der Waals surface area contributed by atoms with Crippen LogP contribution in [0.3, 0.4) is 0 Å². The van der Waals surface area contributed by atoms with E-state index in [-0.39, 0.29) is 23.0 Å². The Balaban J connectivity index is 4.03. The maximum atomic E-state index is 12.0. The molecule has 3 N–H and O–H groups in total. The summed E-state index contributed by atoms with van der Waals surface area (Å²) >= 11 is 5.70. The fourth-order valence-electron chi connectivity index (χ4n) is 2.54. The summed E-state index contributed by atoms with van der Waals surface area (Å²) in [5.74, 6) is 0.455. The van der Waals surface area contributed by atoms with Gasteiger partial charge in [0.15, 0.2) is 0 Å². The van der Waals surface area contributed by atoms with Crippen molar-refractivity contribution in [2.24, 2.45) is 5.41 Å². The Morgan fingerprint density at radius 3 is 2.22 bits per heavy atom. The number of carbonyl (C=O) groups excluding carboxylic acids is 2. The third-order valence-electron chi connectivity index (χ3n) is 4.27. The van der Waals surface area contributed by atoms with E-state index < -0.39 is 6.10 Å². The number of Topliss-reactive ketones (excluding diaryl/α,β-unsaturated/α-hetero) is 1. The fourth-order valence-corrected chi connectivity index (χ4v) is 2.64. The molecule has 0 aromatic carbocycles. The van der Waals surface area contributed by atoms with Crippen LogP contribution in [0, 0.1) is 5.41 Å². The van der Waals surface area contributed by atoms with E-state index in [4.69, 9.17) is 11.6 Å². The minimum Gasteiger partial charge on any atom is -0.391 e. The number of hydrogen-bond acceptors (Lipinski definition) is 5. The van der Waals surface area contributed by atoms with Gasteiger partial charge in [-0.3, -0.25) is 14.5 Å². The lowest BCUT2D eigenvalue weighted by Crippen LogP contribution is -2.43. The topological polar surface area (TPSA) is 81.7 Å². The quantitative estimate of drug-likeness (QED) is 0.287. The predicted octanol–water partition coefficient (Wildman–Crippen LogP) is 2.18. The minimum atomic E-state index is -0.568. The van der Waals surface area contributed by atoms with Crippen LogP contribution in [0.4, 0.5) is 0 Å². The van der Waals surface area contributed by atoms with Crippen molar-refractivity contribution in [1.82, 2.24) is 15.5 Å². The Morgan fingerprint density at radius 1 is 1.07 bits per heavy atom. The van der Waals surface area contributed by atoms with Gasteiger partial charge in [0.1, 0.15) is 5.78 Å². The molecule has 1 unspecified atom stereocenters.